The van der Waals surface area contributed by atoms with Crippen LogP contribution < -0.4 is 14.2 Å². The molecule has 0 aliphatic heterocycles. The van der Waals surface area contributed by atoms with E-state index < -0.39 is 12.2 Å². The number of aromatic nitrogens is 1. The summed E-state index contributed by atoms with van der Waals surface area (Å²) in [5, 5.41) is 0.810. The Labute approximate surface area is 149 Å². The molecular formula is C16H18ClN3O5. The number of hydrogen-bond acceptors (Lipinski definition) is 6. The highest BCUT2D eigenvalue weighted by atomic mass is 35.5. The van der Waals surface area contributed by atoms with Gasteiger partial charge in [0.25, 0.3) is 0 Å². The first kappa shape index (κ1) is 18.6. The van der Waals surface area contributed by atoms with E-state index in [0.29, 0.717) is 15.9 Å². The first-order chi connectivity index (χ1) is 11.7. The number of halogens is 1. The Morgan fingerprint density at radius 1 is 1.04 bits per heavy atom. The number of hydrogen-bond donors (Lipinski definition) is 0. The fourth-order valence-electron chi connectivity index (χ4n) is 1.89. The third-order valence-corrected chi connectivity index (χ3v) is 3.45. The molecule has 1 aromatic carbocycles. The van der Waals surface area contributed by atoms with Gasteiger partial charge >= 0.3 is 12.2 Å². The molecule has 9 heteroatoms. The van der Waals surface area contributed by atoms with Crippen molar-refractivity contribution >= 4 is 34.7 Å². The number of rotatable bonds is 3. The van der Waals surface area contributed by atoms with Crippen LogP contribution in [0, 0.1) is 0 Å². The highest BCUT2D eigenvalue weighted by molar-refractivity contribution is 6.33. The van der Waals surface area contributed by atoms with Crippen molar-refractivity contribution in [2.75, 3.05) is 35.3 Å². The Hall–Kier alpha value is -2.74. The summed E-state index contributed by atoms with van der Waals surface area (Å²) in [5.74, 6) is 0.401. The number of nitrogens with zero attached hydrogens (tertiary/aromatic N) is 3. The maximum absolute atomic E-state index is 11.9. The molecule has 0 aliphatic rings. The van der Waals surface area contributed by atoms with Crippen LogP contribution in [0.3, 0.4) is 0 Å². The molecule has 2 aromatic rings. The quantitative estimate of drug-likeness (QED) is 0.829. The van der Waals surface area contributed by atoms with Crippen molar-refractivity contribution in [3.63, 3.8) is 0 Å². The molecule has 2 amide bonds. The predicted octanol–water partition coefficient (Wildman–Crippen LogP) is 3.02. The molecule has 2 rings (SSSR count). The third-order valence-electron chi connectivity index (χ3n) is 3.15. The van der Waals surface area contributed by atoms with Gasteiger partial charge in [0, 0.05) is 39.6 Å². The largest absolute Gasteiger partial charge is 0.493 e. The zero-order valence-electron chi connectivity index (χ0n) is 14.5. The summed E-state index contributed by atoms with van der Waals surface area (Å²) in [6.45, 7) is 0. The molecule has 0 bridgehead atoms. The topological polar surface area (TPSA) is 81.2 Å². The fourth-order valence-corrected chi connectivity index (χ4v) is 2.12. The van der Waals surface area contributed by atoms with E-state index in [-0.39, 0.29) is 17.4 Å². The fraction of sp³-hybridized carbons (Fsp3) is 0.312. The third kappa shape index (κ3) is 4.03. The highest BCUT2D eigenvalue weighted by Gasteiger charge is 2.19. The molecule has 0 N–H and O–H groups in total. The first-order valence-corrected chi connectivity index (χ1v) is 7.58. The summed E-state index contributed by atoms with van der Waals surface area (Å²) in [4.78, 5) is 30.5. The number of methoxy groups -OCH3 is 1. The van der Waals surface area contributed by atoms with E-state index in [1.807, 2.05) is 0 Å². The lowest BCUT2D eigenvalue weighted by Crippen LogP contribution is -2.26. The normalized spacial score (nSPS) is 10.3. The van der Waals surface area contributed by atoms with E-state index in [4.69, 9.17) is 25.8 Å². The van der Waals surface area contributed by atoms with Gasteiger partial charge in [0.2, 0.25) is 5.88 Å². The van der Waals surface area contributed by atoms with Crippen LogP contribution in [0.15, 0.2) is 18.2 Å². The van der Waals surface area contributed by atoms with E-state index in [1.165, 1.54) is 37.1 Å². The highest BCUT2D eigenvalue weighted by Crippen LogP contribution is 2.38. The summed E-state index contributed by atoms with van der Waals surface area (Å²) in [5.41, 5.74) is 0.306. The van der Waals surface area contributed by atoms with E-state index in [9.17, 15) is 9.59 Å². The molecule has 0 atom stereocenters. The van der Waals surface area contributed by atoms with Crippen LogP contribution in [0.25, 0.3) is 10.9 Å². The molecule has 0 radical (unpaired) electrons. The van der Waals surface area contributed by atoms with Gasteiger partial charge in [-0.3, -0.25) is 0 Å². The molecule has 1 aromatic heterocycles. The summed E-state index contributed by atoms with van der Waals surface area (Å²) < 4.78 is 15.8. The van der Waals surface area contributed by atoms with Gasteiger partial charge in [0.1, 0.15) is 11.3 Å². The van der Waals surface area contributed by atoms with Crippen molar-refractivity contribution in [1.29, 1.82) is 0 Å². The minimum Gasteiger partial charge on any atom is -0.493 e. The SMILES string of the molecule is COc1c(Cl)ccc2c(OC(=O)N(C)C)cc(OC(=O)N(C)C)nc12. The molecule has 0 unspecified atom stereocenters. The Morgan fingerprint density at radius 2 is 1.64 bits per heavy atom. The molecule has 0 aliphatic carbocycles. The molecule has 0 saturated carbocycles. The second-order valence-corrected chi connectivity index (χ2v) is 5.87. The van der Waals surface area contributed by atoms with E-state index in [0.717, 1.165) is 0 Å². The van der Waals surface area contributed by atoms with E-state index in [2.05, 4.69) is 4.98 Å². The molecule has 0 spiro atoms. The van der Waals surface area contributed by atoms with Crippen molar-refractivity contribution in [2.24, 2.45) is 0 Å². The Balaban J connectivity index is 2.63. The molecule has 134 valence electrons. The zero-order chi connectivity index (χ0) is 18.7. The lowest BCUT2D eigenvalue weighted by Gasteiger charge is -2.16. The number of amides is 2. The van der Waals surface area contributed by atoms with E-state index >= 15 is 0 Å². The summed E-state index contributed by atoms with van der Waals surface area (Å²) in [6.07, 6.45) is -1.22. The molecule has 25 heavy (non-hydrogen) atoms. The van der Waals surface area contributed by atoms with Crippen molar-refractivity contribution in [2.45, 2.75) is 0 Å². The van der Waals surface area contributed by atoms with Gasteiger partial charge < -0.3 is 24.0 Å². The van der Waals surface area contributed by atoms with Crippen LogP contribution in [-0.4, -0.2) is 62.3 Å². The van der Waals surface area contributed by atoms with Gasteiger partial charge in [-0.15, -0.1) is 0 Å². The van der Waals surface area contributed by atoms with Crippen molar-refractivity contribution in [3.05, 3.63) is 23.2 Å². The van der Waals surface area contributed by atoms with Crippen LogP contribution in [0.4, 0.5) is 9.59 Å². The Kier molecular flexibility index (Phi) is 5.53. The van der Waals surface area contributed by atoms with Gasteiger partial charge in [0.15, 0.2) is 5.75 Å². The Bertz CT molecular complexity index is 823. The number of benzene rings is 1. The number of pyridine rings is 1. The smallest absolute Gasteiger partial charge is 0.416 e. The molecule has 8 nitrogen and oxygen atoms in total. The summed E-state index contributed by atoms with van der Waals surface area (Å²) in [6, 6.07) is 4.60. The first-order valence-electron chi connectivity index (χ1n) is 7.20. The van der Waals surface area contributed by atoms with Gasteiger partial charge in [-0.1, -0.05) is 11.6 Å². The van der Waals surface area contributed by atoms with Crippen molar-refractivity contribution in [1.82, 2.24) is 14.8 Å². The number of fused-ring (bicyclic) bond motifs is 1. The van der Waals surface area contributed by atoms with Gasteiger partial charge in [-0.2, -0.15) is 0 Å². The van der Waals surface area contributed by atoms with Gasteiger partial charge in [-0.25, -0.2) is 14.6 Å². The van der Waals surface area contributed by atoms with Crippen molar-refractivity contribution in [3.8, 4) is 17.4 Å². The average Bonchev–Trinajstić information content (AvgIpc) is 2.54. The predicted molar refractivity (Wildman–Crippen MR) is 92.7 cm³/mol. The lowest BCUT2D eigenvalue weighted by atomic mass is 10.2. The summed E-state index contributed by atoms with van der Waals surface area (Å²) in [7, 11) is 7.61. The Morgan fingerprint density at radius 3 is 2.20 bits per heavy atom. The van der Waals surface area contributed by atoms with Crippen LogP contribution in [0.5, 0.6) is 17.4 Å². The number of carbonyl (C=O) groups is 2. The zero-order valence-corrected chi connectivity index (χ0v) is 15.2. The van der Waals surface area contributed by atoms with Gasteiger partial charge in [-0.05, 0) is 12.1 Å². The van der Waals surface area contributed by atoms with Gasteiger partial charge in [0.05, 0.1) is 12.1 Å². The van der Waals surface area contributed by atoms with Crippen LogP contribution in [0.2, 0.25) is 5.02 Å². The number of ether oxygens (including phenoxy) is 3. The average molecular weight is 368 g/mol. The lowest BCUT2D eigenvalue weighted by molar-refractivity contribution is 0.169. The van der Waals surface area contributed by atoms with Crippen LogP contribution >= 0.6 is 11.6 Å². The maximum atomic E-state index is 11.9. The van der Waals surface area contributed by atoms with Crippen LogP contribution in [-0.2, 0) is 0 Å². The minimum atomic E-state index is -0.627. The monoisotopic (exact) mass is 367 g/mol. The second kappa shape index (κ2) is 7.43. The molecule has 0 saturated heterocycles. The molecular weight excluding hydrogens is 350 g/mol. The summed E-state index contributed by atoms with van der Waals surface area (Å²) >= 11 is 6.12. The molecule has 1 heterocycles. The maximum Gasteiger partial charge on any atom is 0.416 e. The second-order valence-electron chi connectivity index (χ2n) is 5.46. The minimum absolute atomic E-state index is 0.0478. The standard InChI is InChI=1S/C16H18ClN3O5/c1-19(2)15(21)24-11-8-12(25-16(22)20(3)4)18-13-9(11)6-7-10(17)14(13)23-5/h6-8H,1-5H3. The number of carbonyl (C=O) groups excluding carboxylic acids is 2. The molecule has 0 fully saturated rings. The van der Waals surface area contributed by atoms with E-state index in [1.54, 1.807) is 26.2 Å². The van der Waals surface area contributed by atoms with Crippen molar-refractivity contribution < 1.29 is 23.8 Å². The van der Waals surface area contributed by atoms with Crippen LogP contribution in [0.1, 0.15) is 0 Å².